The largest absolute Gasteiger partial charge is 0.387 e. The number of unbranched alkanes of at least 4 members (excludes halogenated alkanes) is 1. The monoisotopic (exact) mass is 705 g/mol. The minimum absolute atomic E-state index is 0.0589. The molecule has 0 saturated heterocycles. The summed E-state index contributed by atoms with van der Waals surface area (Å²) in [5, 5.41) is 29.8. The zero-order valence-electron chi connectivity index (χ0n) is 29.8. The van der Waals surface area contributed by atoms with E-state index in [1.54, 1.807) is 9.80 Å². The Hall–Kier alpha value is -4.14. The van der Waals surface area contributed by atoms with Crippen LogP contribution in [0.15, 0.2) is 71.8 Å². The molecule has 51 heavy (non-hydrogen) atoms. The van der Waals surface area contributed by atoms with Gasteiger partial charge in [0, 0.05) is 26.2 Å². The number of carbonyl (C=O) groups excluding carboxylic acids is 4. The van der Waals surface area contributed by atoms with Crippen LogP contribution in [0.5, 0.6) is 0 Å². The van der Waals surface area contributed by atoms with Crippen LogP contribution in [-0.4, -0.2) is 113 Å². The maximum Gasteiger partial charge on any atom is 0.248 e. The molecule has 4 rings (SSSR count). The number of rotatable bonds is 19. The van der Waals surface area contributed by atoms with E-state index in [0.717, 1.165) is 22.3 Å². The van der Waals surface area contributed by atoms with E-state index in [9.17, 15) is 29.4 Å². The van der Waals surface area contributed by atoms with E-state index < -0.39 is 48.8 Å². The van der Waals surface area contributed by atoms with Gasteiger partial charge >= 0.3 is 0 Å². The van der Waals surface area contributed by atoms with Gasteiger partial charge in [0.05, 0.1) is 18.1 Å². The lowest BCUT2D eigenvalue weighted by atomic mass is 9.99. The van der Waals surface area contributed by atoms with Gasteiger partial charge in [0.15, 0.2) is 0 Å². The minimum atomic E-state index is -1.32. The molecule has 13 nitrogen and oxygen atoms in total. The lowest BCUT2D eigenvalue weighted by Crippen LogP contribution is -2.60. The Morgan fingerprint density at radius 2 is 1.35 bits per heavy atom. The normalized spacial score (nSPS) is 17.2. The van der Waals surface area contributed by atoms with Gasteiger partial charge < -0.3 is 42.1 Å². The maximum absolute atomic E-state index is 14.0. The lowest BCUT2D eigenvalue weighted by Gasteiger charge is -2.32. The number of nitrogens with one attached hydrogen (secondary N) is 3. The Labute approximate surface area is 300 Å². The third kappa shape index (κ3) is 11.7. The fourth-order valence-corrected chi connectivity index (χ4v) is 6.66. The highest BCUT2D eigenvalue weighted by molar-refractivity contribution is 5.90. The van der Waals surface area contributed by atoms with Crippen molar-refractivity contribution in [3.8, 4) is 0 Å². The summed E-state index contributed by atoms with van der Waals surface area (Å²) in [7, 11) is 0. The van der Waals surface area contributed by atoms with Gasteiger partial charge in [-0.15, -0.1) is 0 Å². The number of hydrogen-bond donors (Lipinski definition) is 7. The number of hydrogen-bond acceptors (Lipinski definition) is 9. The third-order valence-electron chi connectivity index (χ3n) is 9.43. The summed E-state index contributed by atoms with van der Waals surface area (Å²) in [6, 6.07) is 15.5. The number of nitrogens with zero attached hydrogens (tertiary/aromatic N) is 2. The predicted molar refractivity (Wildman–Crippen MR) is 195 cm³/mol. The Morgan fingerprint density at radius 3 is 1.90 bits per heavy atom. The summed E-state index contributed by atoms with van der Waals surface area (Å²) in [4.78, 5) is 56.4. The first-order valence-corrected chi connectivity index (χ1v) is 17.9. The molecule has 13 heteroatoms. The fourth-order valence-electron chi connectivity index (χ4n) is 6.66. The molecule has 2 aliphatic rings. The summed E-state index contributed by atoms with van der Waals surface area (Å²) in [6.45, 7) is 5.28. The van der Waals surface area contributed by atoms with Crippen molar-refractivity contribution in [2.75, 3.05) is 39.3 Å². The van der Waals surface area contributed by atoms with Crippen molar-refractivity contribution in [1.82, 2.24) is 25.8 Å². The molecule has 5 atom stereocenters. The SMILES string of the molecule is CC(C)CC(NC(O)C(Cc1ccccc1)NC(=O)C(N)Cc1ccccc1)C(=O)NC(CCCCN)C(=O)N1CC2=C(CN(C(=O)CO)C2)C1. The topological polar surface area (TPSA) is 203 Å². The molecule has 0 radical (unpaired) electrons. The van der Waals surface area contributed by atoms with E-state index in [2.05, 4.69) is 16.0 Å². The van der Waals surface area contributed by atoms with E-state index >= 15 is 0 Å². The highest BCUT2D eigenvalue weighted by atomic mass is 16.3. The summed E-state index contributed by atoms with van der Waals surface area (Å²) in [5.74, 6) is -1.37. The zero-order valence-corrected chi connectivity index (χ0v) is 29.8. The van der Waals surface area contributed by atoms with Crippen molar-refractivity contribution in [3.63, 3.8) is 0 Å². The molecule has 278 valence electrons. The summed E-state index contributed by atoms with van der Waals surface area (Å²) >= 11 is 0. The smallest absolute Gasteiger partial charge is 0.248 e. The van der Waals surface area contributed by atoms with Crippen LogP contribution in [0, 0.1) is 5.92 Å². The van der Waals surface area contributed by atoms with Gasteiger partial charge in [0.1, 0.15) is 18.9 Å². The van der Waals surface area contributed by atoms with Crippen molar-refractivity contribution >= 4 is 23.6 Å². The predicted octanol–water partition coefficient (Wildman–Crippen LogP) is 0.194. The summed E-state index contributed by atoms with van der Waals surface area (Å²) < 4.78 is 0. The molecule has 2 heterocycles. The molecular weight excluding hydrogens is 650 g/mol. The van der Waals surface area contributed by atoms with Crippen molar-refractivity contribution in [1.29, 1.82) is 0 Å². The molecule has 0 fully saturated rings. The van der Waals surface area contributed by atoms with E-state index in [-0.39, 0.29) is 24.2 Å². The molecule has 0 aromatic heterocycles. The summed E-state index contributed by atoms with van der Waals surface area (Å²) in [6.07, 6.45) is 1.35. The molecule has 0 bridgehead atoms. The standard InChI is InChI=1S/C38H55N7O6/c1-25(2)17-32(36(49)41-31(15-9-10-16-39)38(51)45-22-28-20-44(34(47)24-46)21-29(28)23-45)43-37(50)33(19-27-13-7-4-8-14-27)42-35(48)30(40)18-26-11-5-3-6-12-26/h3-8,11-14,25,30-33,37,43,46,50H,9-10,15-24,39-40H2,1-2H3,(H,41,49)(H,42,48). The van der Waals surface area contributed by atoms with Crippen molar-refractivity contribution < 1.29 is 29.4 Å². The van der Waals surface area contributed by atoms with Gasteiger partial charge in [-0.05, 0) is 73.3 Å². The quantitative estimate of drug-likeness (QED) is 0.0605. The molecular formula is C38H55N7O6. The molecule has 0 aliphatic carbocycles. The molecule has 2 aliphatic heterocycles. The first-order valence-electron chi connectivity index (χ1n) is 17.9. The fraction of sp³-hybridized carbons (Fsp3) is 0.526. The average molecular weight is 706 g/mol. The number of benzene rings is 2. The van der Waals surface area contributed by atoms with Gasteiger partial charge in [-0.2, -0.15) is 0 Å². The molecule has 2 aromatic rings. The van der Waals surface area contributed by atoms with Crippen molar-refractivity contribution in [3.05, 3.63) is 82.9 Å². The molecule has 4 amide bonds. The number of aliphatic hydroxyl groups is 2. The van der Waals surface area contributed by atoms with E-state index in [1.165, 1.54) is 0 Å². The minimum Gasteiger partial charge on any atom is -0.387 e. The van der Waals surface area contributed by atoms with Crippen molar-refractivity contribution in [2.45, 2.75) is 82.8 Å². The number of aliphatic hydroxyl groups excluding tert-OH is 2. The van der Waals surface area contributed by atoms with Crippen LogP contribution in [0.2, 0.25) is 0 Å². The van der Waals surface area contributed by atoms with Crippen LogP contribution in [0.4, 0.5) is 0 Å². The Bertz CT molecular complexity index is 1470. The van der Waals surface area contributed by atoms with Gasteiger partial charge in [-0.1, -0.05) is 74.5 Å². The Morgan fingerprint density at radius 1 is 0.784 bits per heavy atom. The highest BCUT2D eigenvalue weighted by Crippen LogP contribution is 2.26. The number of carbonyl (C=O) groups is 4. The van der Waals surface area contributed by atoms with Gasteiger partial charge in [0.2, 0.25) is 23.6 Å². The van der Waals surface area contributed by atoms with E-state index in [1.807, 2.05) is 74.5 Å². The third-order valence-corrected chi connectivity index (χ3v) is 9.43. The van der Waals surface area contributed by atoms with Crippen LogP contribution in [-0.2, 0) is 32.0 Å². The van der Waals surface area contributed by atoms with Gasteiger partial charge in [-0.25, -0.2) is 0 Å². The Balaban J connectivity index is 1.46. The maximum atomic E-state index is 14.0. The number of amides is 4. The first kappa shape index (κ1) is 39.6. The van der Waals surface area contributed by atoms with Crippen LogP contribution in [0.1, 0.15) is 50.7 Å². The second kappa shape index (κ2) is 19.5. The summed E-state index contributed by atoms with van der Waals surface area (Å²) in [5.41, 5.74) is 15.8. The molecule has 9 N–H and O–H groups in total. The van der Waals surface area contributed by atoms with Crippen LogP contribution in [0.3, 0.4) is 0 Å². The van der Waals surface area contributed by atoms with Crippen LogP contribution in [0.25, 0.3) is 0 Å². The zero-order chi connectivity index (χ0) is 36.9. The second-order valence-corrected chi connectivity index (χ2v) is 14.0. The van der Waals surface area contributed by atoms with E-state index in [0.29, 0.717) is 64.8 Å². The van der Waals surface area contributed by atoms with Crippen molar-refractivity contribution in [2.24, 2.45) is 17.4 Å². The van der Waals surface area contributed by atoms with Crippen LogP contribution >= 0.6 is 0 Å². The molecule has 0 spiro atoms. The lowest BCUT2D eigenvalue weighted by molar-refractivity contribution is -0.137. The average Bonchev–Trinajstić information content (AvgIpc) is 3.71. The second-order valence-electron chi connectivity index (χ2n) is 14.0. The van der Waals surface area contributed by atoms with E-state index in [4.69, 9.17) is 11.5 Å². The molecule has 5 unspecified atom stereocenters. The van der Waals surface area contributed by atoms with Crippen LogP contribution < -0.4 is 27.4 Å². The number of nitrogens with two attached hydrogens (primary N) is 2. The molecule has 2 aromatic carbocycles. The van der Waals surface area contributed by atoms with Gasteiger partial charge in [-0.3, -0.25) is 24.5 Å². The van der Waals surface area contributed by atoms with Gasteiger partial charge in [0.25, 0.3) is 0 Å². The Kier molecular flexibility index (Phi) is 15.1. The molecule has 0 saturated carbocycles. The highest BCUT2D eigenvalue weighted by Gasteiger charge is 2.37. The first-order chi connectivity index (χ1) is 24.5.